The molecule has 0 aliphatic rings. The van der Waals surface area contributed by atoms with Crippen LogP contribution in [0.2, 0.25) is 0 Å². The minimum Gasteiger partial charge on any atom is -0.469 e. The maximum Gasteiger partial charge on any atom is 0.323 e. The molecule has 0 aromatic rings. The van der Waals surface area contributed by atoms with Crippen LogP contribution in [0.4, 0.5) is 0 Å². The summed E-state index contributed by atoms with van der Waals surface area (Å²) in [6, 6.07) is -1.14. The van der Waals surface area contributed by atoms with E-state index in [-0.39, 0.29) is 12.8 Å². The van der Waals surface area contributed by atoms with Gasteiger partial charge in [-0.3, -0.25) is 19.2 Å². The third-order valence-corrected chi connectivity index (χ3v) is 2.09. The van der Waals surface area contributed by atoms with Gasteiger partial charge < -0.3 is 24.7 Å². The molecule has 20 heavy (non-hydrogen) atoms. The zero-order valence-electron chi connectivity index (χ0n) is 11.2. The Kier molecular flexibility index (Phi) is 8.68. The second-order valence-corrected chi connectivity index (χ2v) is 3.56. The predicted octanol–water partition coefficient (Wildman–Crippen LogP) is -1.13. The van der Waals surface area contributed by atoms with Gasteiger partial charge in [0.2, 0.25) is 6.79 Å². The molecular formula is C11H17NO8. The molecule has 2 N–H and O–H groups in total. The Bertz CT molecular complexity index is 367. The lowest BCUT2D eigenvalue weighted by molar-refractivity contribution is -0.169. The first kappa shape index (κ1) is 17.8. The van der Waals surface area contributed by atoms with Crippen LogP contribution in [0, 0.1) is 0 Å². The van der Waals surface area contributed by atoms with Crippen molar-refractivity contribution in [2.75, 3.05) is 21.0 Å². The zero-order valence-corrected chi connectivity index (χ0v) is 11.2. The van der Waals surface area contributed by atoms with Crippen molar-refractivity contribution in [2.24, 2.45) is 5.73 Å². The molecular weight excluding hydrogens is 274 g/mol. The molecule has 0 spiro atoms. The maximum atomic E-state index is 11.2. The van der Waals surface area contributed by atoms with Crippen LogP contribution >= 0.6 is 0 Å². The Balaban J connectivity index is 3.78. The number of carbonyl (C=O) groups is 4. The molecule has 0 radical (unpaired) electrons. The van der Waals surface area contributed by atoms with Gasteiger partial charge in [0, 0.05) is 0 Å². The number of esters is 4. The first-order valence-electron chi connectivity index (χ1n) is 5.62. The van der Waals surface area contributed by atoms with Gasteiger partial charge in [0.05, 0.1) is 33.5 Å². The molecule has 9 heteroatoms. The van der Waals surface area contributed by atoms with Crippen molar-refractivity contribution < 1.29 is 38.1 Å². The van der Waals surface area contributed by atoms with E-state index in [4.69, 9.17) is 5.73 Å². The fraction of sp³-hybridized carbons (Fsp3) is 0.636. The SMILES string of the molecule is COC(=O)CCC(=O)OCOC(=O)CC(N)C(=O)OC. The van der Waals surface area contributed by atoms with Crippen molar-refractivity contribution in [3.8, 4) is 0 Å². The second kappa shape index (κ2) is 9.73. The second-order valence-electron chi connectivity index (χ2n) is 3.56. The third-order valence-electron chi connectivity index (χ3n) is 2.09. The van der Waals surface area contributed by atoms with Gasteiger partial charge in [0.1, 0.15) is 6.04 Å². The van der Waals surface area contributed by atoms with Gasteiger partial charge in [-0.25, -0.2) is 0 Å². The van der Waals surface area contributed by atoms with Crippen LogP contribution < -0.4 is 5.73 Å². The van der Waals surface area contributed by atoms with Crippen LogP contribution in [-0.4, -0.2) is 50.9 Å². The standard InChI is InChI=1S/C11H17NO8/c1-17-8(13)3-4-9(14)19-6-20-10(15)5-7(12)11(16)18-2/h7H,3-6,12H2,1-2H3. The molecule has 0 amide bonds. The number of hydrogen-bond acceptors (Lipinski definition) is 9. The highest BCUT2D eigenvalue weighted by atomic mass is 16.7. The monoisotopic (exact) mass is 291 g/mol. The molecule has 0 aromatic carbocycles. The number of rotatable bonds is 8. The summed E-state index contributed by atoms with van der Waals surface area (Å²) >= 11 is 0. The Morgan fingerprint density at radius 1 is 0.900 bits per heavy atom. The molecule has 0 saturated heterocycles. The normalized spacial score (nSPS) is 11.2. The van der Waals surface area contributed by atoms with E-state index in [0.717, 1.165) is 7.11 Å². The lowest BCUT2D eigenvalue weighted by Crippen LogP contribution is -2.34. The maximum absolute atomic E-state index is 11.2. The first-order valence-corrected chi connectivity index (χ1v) is 5.62. The van der Waals surface area contributed by atoms with E-state index in [9.17, 15) is 19.2 Å². The van der Waals surface area contributed by atoms with Gasteiger partial charge in [-0.05, 0) is 0 Å². The van der Waals surface area contributed by atoms with E-state index in [2.05, 4.69) is 18.9 Å². The fourth-order valence-corrected chi connectivity index (χ4v) is 1.01. The van der Waals surface area contributed by atoms with Gasteiger partial charge in [-0.2, -0.15) is 0 Å². The number of hydrogen-bond donors (Lipinski definition) is 1. The highest BCUT2D eigenvalue weighted by Gasteiger charge is 2.19. The molecule has 0 heterocycles. The van der Waals surface area contributed by atoms with E-state index < -0.39 is 43.1 Å². The van der Waals surface area contributed by atoms with E-state index in [1.165, 1.54) is 7.11 Å². The summed E-state index contributed by atoms with van der Waals surface area (Å²) in [5.41, 5.74) is 5.32. The van der Waals surface area contributed by atoms with Crippen LogP contribution in [0.25, 0.3) is 0 Å². The molecule has 0 aliphatic carbocycles. The molecule has 0 bridgehead atoms. The summed E-state index contributed by atoms with van der Waals surface area (Å²) in [7, 11) is 2.33. The summed E-state index contributed by atoms with van der Waals surface area (Å²) in [6.45, 7) is -0.618. The molecule has 9 nitrogen and oxygen atoms in total. The summed E-state index contributed by atoms with van der Waals surface area (Å²) < 4.78 is 17.7. The molecule has 0 rings (SSSR count). The van der Waals surface area contributed by atoms with Crippen LogP contribution in [0.5, 0.6) is 0 Å². The van der Waals surface area contributed by atoms with Crippen molar-refractivity contribution >= 4 is 23.9 Å². The van der Waals surface area contributed by atoms with Crippen LogP contribution in [0.15, 0.2) is 0 Å². The molecule has 0 aliphatic heterocycles. The fourth-order valence-electron chi connectivity index (χ4n) is 1.01. The highest BCUT2D eigenvalue weighted by Crippen LogP contribution is 1.98. The minimum absolute atomic E-state index is 0.128. The van der Waals surface area contributed by atoms with Crippen molar-refractivity contribution in [2.45, 2.75) is 25.3 Å². The van der Waals surface area contributed by atoms with E-state index in [1.54, 1.807) is 0 Å². The van der Waals surface area contributed by atoms with Crippen LogP contribution in [0.3, 0.4) is 0 Å². The molecule has 0 aromatic heterocycles. The van der Waals surface area contributed by atoms with Crippen LogP contribution in [-0.2, 0) is 38.1 Å². The Morgan fingerprint density at radius 3 is 2.00 bits per heavy atom. The summed E-state index contributed by atoms with van der Waals surface area (Å²) in [5.74, 6) is -2.84. The summed E-state index contributed by atoms with van der Waals surface area (Å²) in [6.07, 6.45) is -0.714. The van der Waals surface area contributed by atoms with Crippen molar-refractivity contribution in [3.05, 3.63) is 0 Å². The lowest BCUT2D eigenvalue weighted by atomic mass is 10.2. The van der Waals surface area contributed by atoms with Gasteiger partial charge in [-0.1, -0.05) is 0 Å². The van der Waals surface area contributed by atoms with E-state index >= 15 is 0 Å². The molecule has 0 fully saturated rings. The van der Waals surface area contributed by atoms with Gasteiger partial charge in [-0.15, -0.1) is 0 Å². The van der Waals surface area contributed by atoms with Crippen molar-refractivity contribution in [3.63, 3.8) is 0 Å². The van der Waals surface area contributed by atoms with Crippen LogP contribution in [0.1, 0.15) is 19.3 Å². The number of carbonyl (C=O) groups excluding carboxylic acids is 4. The smallest absolute Gasteiger partial charge is 0.323 e. The first-order chi connectivity index (χ1) is 9.40. The van der Waals surface area contributed by atoms with Crippen molar-refractivity contribution in [1.82, 2.24) is 0 Å². The van der Waals surface area contributed by atoms with E-state index in [0.29, 0.717) is 0 Å². The lowest BCUT2D eigenvalue weighted by Gasteiger charge is -2.09. The quantitative estimate of drug-likeness (QED) is 0.335. The molecule has 1 atom stereocenters. The average Bonchev–Trinajstić information content (AvgIpc) is 2.43. The van der Waals surface area contributed by atoms with E-state index in [1.807, 2.05) is 0 Å². The topological polar surface area (TPSA) is 131 Å². The minimum atomic E-state index is -1.14. The number of nitrogens with two attached hydrogens (primary N) is 1. The zero-order chi connectivity index (χ0) is 15.5. The Labute approximate surface area is 115 Å². The van der Waals surface area contributed by atoms with Crippen molar-refractivity contribution in [1.29, 1.82) is 0 Å². The molecule has 114 valence electrons. The Hall–Kier alpha value is -2.16. The largest absolute Gasteiger partial charge is 0.469 e. The molecule has 0 saturated carbocycles. The Morgan fingerprint density at radius 2 is 1.45 bits per heavy atom. The molecule has 1 unspecified atom stereocenters. The van der Waals surface area contributed by atoms with Gasteiger partial charge in [0.25, 0.3) is 0 Å². The number of methoxy groups -OCH3 is 2. The summed E-state index contributed by atoms with van der Waals surface area (Å²) in [4.78, 5) is 44.0. The highest BCUT2D eigenvalue weighted by molar-refractivity contribution is 5.82. The summed E-state index contributed by atoms with van der Waals surface area (Å²) in [5, 5.41) is 0. The average molecular weight is 291 g/mol. The van der Waals surface area contributed by atoms with Gasteiger partial charge >= 0.3 is 23.9 Å². The predicted molar refractivity (Wildman–Crippen MR) is 62.9 cm³/mol. The van der Waals surface area contributed by atoms with Gasteiger partial charge in [0.15, 0.2) is 0 Å². The third kappa shape index (κ3) is 8.03. The number of ether oxygens (including phenoxy) is 4.